The fraction of sp³-hybridized carbons (Fsp3) is 0. The molecule has 0 aromatic heterocycles. The molecule has 0 saturated heterocycles. The van der Waals surface area contributed by atoms with Crippen molar-refractivity contribution in [3.05, 3.63) is 0 Å². The molecule has 48 nitrogen and oxygen atoms in total. The SMILES string of the molecule is N=C(N)N.N=C(N)N.N=C(N)N.N=C(N)N.N=C(N)N.N=C(N)N.N=C(N)N.N=C(N)N.N=C(N)N.N=C(N)N.N=C(N)N.N=C(N)N.OB(O)O.OB(O)O.OB(O)O.OB(O)O. The average Bonchev–Trinajstić information content (AvgIpc) is 2.83. The van der Waals surface area contributed by atoms with Gasteiger partial charge in [0.05, 0.1) is 0 Å². The lowest BCUT2D eigenvalue weighted by Gasteiger charge is -1.69. The molecule has 0 aromatic carbocycles. The number of nitrogens with two attached hydrogens (primary N) is 24. The van der Waals surface area contributed by atoms with E-state index in [1.165, 1.54) is 0 Å². The Balaban J connectivity index is -0.0000000274. The van der Waals surface area contributed by atoms with Gasteiger partial charge in [-0.25, -0.2) is 0 Å². The third-order valence-electron chi connectivity index (χ3n) is 0. The fourth-order valence-electron chi connectivity index (χ4n) is 0. The van der Waals surface area contributed by atoms with Crippen LogP contribution >= 0.6 is 0 Å². The van der Waals surface area contributed by atoms with Crippen molar-refractivity contribution in [2.45, 2.75) is 0 Å². The summed E-state index contributed by atoms with van der Waals surface area (Å²) < 4.78 is 0. The minimum absolute atomic E-state index is 0.333. The molecular formula is C12H72B4N36O12. The first-order valence-corrected chi connectivity index (χ1v) is 13.0. The number of nitrogens with one attached hydrogen (secondary N) is 12. The molecule has 0 radical (unpaired) electrons. The summed E-state index contributed by atoms with van der Waals surface area (Å²) in [6.45, 7) is 0. The van der Waals surface area contributed by atoms with Crippen molar-refractivity contribution in [1.82, 2.24) is 0 Å². The van der Waals surface area contributed by atoms with E-state index in [9.17, 15) is 0 Å². The molecular weight excluding hydrogens is 884 g/mol. The highest BCUT2D eigenvalue weighted by molar-refractivity contribution is 6.31. The first-order chi connectivity index (χ1) is 27.7. The van der Waals surface area contributed by atoms with Crippen molar-refractivity contribution in [3.63, 3.8) is 0 Å². The van der Waals surface area contributed by atoms with Gasteiger partial charge in [0.1, 0.15) is 0 Å². The summed E-state index contributed by atoms with van der Waals surface area (Å²) in [6.07, 6.45) is 0. The van der Waals surface area contributed by atoms with Gasteiger partial charge in [0, 0.05) is 0 Å². The van der Waals surface area contributed by atoms with E-state index in [1.807, 2.05) is 0 Å². The second-order valence-corrected chi connectivity index (χ2v) is 6.85. The summed E-state index contributed by atoms with van der Waals surface area (Å²) >= 11 is 0. The van der Waals surface area contributed by atoms with Crippen molar-refractivity contribution in [2.75, 3.05) is 0 Å². The van der Waals surface area contributed by atoms with Crippen LogP contribution in [0.25, 0.3) is 0 Å². The van der Waals surface area contributed by atoms with Gasteiger partial charge in [0.15, 0.2) is 71.5 Å². The van der Waals surface area contributed by atoms with Crippen molar-refractivity contribution >= 4 is 101 Å². The van der Waals surface area contributed by atoms with Crippen molar-refractivity contribution < 1.29 is 60.3 Å². The molecule has 64 heavy (non-hydrogen) atoms. The second-order valence-electron chi connectivity index (χ2n) is 6.85. The van der Waals surface area contributed by atoms with Crippen LogP contribution in [-0.4, -0.2) is 161 Å². The van der Waals surface area contributed by atoms with E-state index in [1.54, 1.807) is 0 Å². The Morgan fingerprint density at radius 3 is 0.156 bits per heavy atom. The highest BCUT2D eigenvalue weighted by atomic mass is 16.5. The number of rotatable bonds is 0. The van der Waals surface area contributed by atoms with E-state index in [0.29, 0.717) is 0 Å². The van der Waals surface area contributed by atoms with Crippen LogP contribution in [0.1, 0.15) is 0 Å². The maximum atomic E-state index is 7.17. The molecule has 0 amide bonds. The van der Waals surface area contributed by atoms with Crippen LogP contribution in [0.5, 0.6) is 0 Å². The van der Waals surface area contributed by atoms with Gasteiger partial charge in [-0.05, 0) is 0 Å². The highest BCUT2D eigenvalue weighted by Gasteiger charge is 1.93. The lowest BCUT2D eigenvalue weighted by atomic mass is 10.3. The molecule has 72 N–H and O–H groups in total. The smallest absolute Gasteiger partial charge is 0.402 e. The van der Waals surface area contributed by atoms with Gasteiger partial charge in [-0.3, -0.25) is 64.9 Å². The van der Waals surface area contributed by atoms with Gasteiger partial charge in [-0.15, -0.1) is 0 Å². The van der Waals surface area contributed by atoms with Crippen LogP contribution in [-0.2, 0) is 0 Å². The summed E-state index contributed by atoms with van der Waals surface area (Å²) in [5.74, 6) is -4.00. The summed E-state index contributed by atoms with van der Waals surface area (Å²) in [4.78, 5) is 0. The quantitative estimate of drug-likeness (QED) is 0.0609. The van der Waals surface area contributed by atoms with Crippen LogP contribution in [0.4, 0.5) is 0 Å². The van der Waals surface area contributed by atoms with Crippen LogP contribution in [0.2, 0.25) is 0 Å². The summed E-state index contributed by atoms with van der Waals surface area (Å²) in [5, 5.41) is 159. The molecule has 0 atom stereocenters. The predicted octanol–water partition coefficient (Wildman–Crippen LogP) is -22.1. The molecule has 52 heteroatoms. The van der Waals surface area contributed by atoms with Crippen molar-refractivity contribution in [3.8, 4) is 0 Å². The van der Waals surface area contributed by atoms with Crippen LogP contribution in [0, 0.1) is 64.9 Å². The van der Waals surface area contributed by atoms with E-state index >= 15 is 0 Å². The second kappa shape index (κ2) is 99.7. The minimum Gasteiger partial charge on any atom is -0.402 e. The molecule has 0 bridgehead atoms. The van der Waals surface area contributed by atoms with Gasteiger partial charge < -0.3 is 198 Å². The van der Waals surface area contributed by atoms with E-state index < -0.39 is 29.3 Å². The molecule has 0 saturated carbocycles. The zero-order valence-corrected chi connectivity index (χ0v) is 33.5. The summed E-state index contributed by atoms with van der Waals surface area (Å²) in [6, 6.07) is 0. The number of hydrogen-bond acceptors (Lipinski definition) is 24. The number of hydrogen-bond donors (Lipinski definition) is 48. The lowest BCUT2D eigenvalue weighted by molar-refractivity contribution is 0.276. The van der Waals surface area contributed by atoms with Gasteiger partial charge in [-0.1, -0.05) is 0 Å². The molecule has 384 valence electrons. The van der Waals surface area contributed by atoms with Crippen LogP contribution < -0.4 is 138 Å². The Labute approximate surface area is 363 Å². The predicted molar refractivity (Wildman–Crippen MR) is 243 cm³/mol. The Morgan fingerprint density at radius 2 is 0.156 bits per heavy atom. The normalized spacial score (nSPS) is 6.19. The Hall–Kier alpha value is -8.98. The Kier molecular flexibility index (Phi) is 164. The first-order valence-electron chi connectivity index (χ1n) is 13.0. The van der Waals surface area contributed by atoms with Crippen molar-refractivity contribution in [1.29, 1.82) is 64.9 Å². The maximum absolute atomic E-state index is 7.17. The van der Waals surface area contributed by atoms with E-state index in [0.717, 1.165) is 0 Å². The van der Waals surface area contributed by atoms with Crippen LogP contribution in [0.3, 0.4) is 0 Å². The zero-order chi connectivity index (χ0) is 57.2. The first kappa shape index (κ1) is 105. The third kappa shape index (κ3) is 1780. The Bertz CT molecular complexity index is 781. The maximum Gasteiger partial charge on any atom is 0.631 e. The van der Waals surface area contributed by atoms with Crippen molar-refractivity contribution in [2.24, 2.45) is 138 Å². The molecule has 0 fully saturated rings. The standard InChI is InChI=1S/12CH5N3.4BH3O3/c16*2-1(3)4/h12*(H5,2,3,4);4*2-4H. The molecule has 0 aliphatic rings. The topological polar surface area (TPSA) is 1150 Å². The molecule has 0 spiro atoms. The molecule has 0 aliphatic heterocycles. The van der Waals surface area contributed by atoms with Gasteiger partial charge in [0.25, 0.3) is 0 Å². The summed E-state index contributed by atoms with van der Waals surface area (Å²) in [5.41, 5.74) is 107. The van der Waals surface area contributed by atoms with Gasteiger partial charge in [-0.2, -0.15) is 0 Å². The summed E-state index contributed by atoms with van der Waals surface area (Å²) in [7, 11) is -8.67. The zero-order valence-electron chi connectivity index (χ0n) is 33.5. The van der Waals surface area contributed by atoms with Gasteiger partial charge >= 0.3 is 29.3 Å². The lowest BCUT2D eigenvalue weighted by Crippen LogP contribution is -2.20. The largest absolute Gasteiger partial charge is 0.631 e. The average molecular weight is 956 g/mol. The van der Waals surface area contributed by atoms with E-state index in [2.05, 4.69) is 138 Å². The fourth-order valence-corrected chi connectivity index (χ4v) is 0. The number of guanidine groups is 12. The van der Waals surface area contributed by atoms with E-state index in [4.69, 9.17) is 125 Å². The molecule has 0 unspecified atom stereocenters. The Morgan fingerprint density at radius 1 is 0.156 bits per heavy atom. The third-order valence-corrected chi connectivity index (χ3v) is 0. The molecule has 0 aromatic rings. The molecule has 0 aliphatic carbocycles. The monoisotopic (exact) mass is 957 g/mol. The molecule has 0 rings (SSSR count). The van der Waals surface area contributed by atoms with Crippen LogP contribution in [0.15, 0.2) is 0 Å². The minimum atomic E-state index is -2.17. The van der Waals surface area contributed by atoms with Gasteiger partial charge in [0.2, 0.25) is 0 Å². The van der Waals surface area contributed by atoms with E-state index in [-0.39, 0.29) is 71.5 Å². The molecule has 0 heterocycles. The highest BCUT2D eigenvalue weighted by Crippen LogP contribution is 1.41.